The van der Waals surface area contributed by atoms with E-state index >= 15 is 0 Å². The maximum Gasteiger partial charge on any atom is 0.0252 e. The molecule has 1 unspecified atom stereocenters. The second-order valence-electron chi connectivity index (χ2n) is 5.09. The molecule has 1 atom stereocenters. The molecule has 0 bridgehead atoms. The fraction of sp³-hybridized carbons (Fsp3) is 1.00. The van der Waals surface area contributed by atoms with Crippen LogP contribution in [-0.2, 0) is 0 Å². The number of nitrogens with two attached hydrogens (primary N) is 1. The van der Waals surface area contributed by atoms with Gasteiger partial charge in [-0.15, -0.1) is 0 Å². The first-order valence-corrected chi connectivity index (χ1v) is 6.07. The van der Waals surface area contributed by atoms with Crippen LogP contribution in [-0.4, -0.2) is 55.6 Å². The third-order valence-corrected chi connectivity index (χ3v) is 2.80. The first kappa shape index (κ1) is 14.9. The predicted molar refractivity (Wildman–Crippen MR) is 68.2 cm³/mol. The van der Waals surface area contributed by atoms with Gasteiger partial charge in [-0.25, -0.2) is 0 Å². The zero-order chi connectivity index (χ0) is 11.9. The Kier molecular flexibility index (Phi) is 7.14. The highest BCUT2D eigenvalue weighted by atomic mass is 15.2. The van der Waals surface area contributed by atoms with Gasteiger partial charge >= 0.3 is 0 Å². The molecule has 3 nitrogen and oxygen atoms in total. The average Bonchev–Trinajstić information content (AvgIpc) is 2.14. The van der Waals surface area contributed by atoms with Crippen molar-refractivity contribution >= 4 is 0 Å². The Morgan fingerprint density at radius 2 is 1.67 bits per heavy atom. The summed E-state index contributed by atoms with van der Waals surface area (Å²) >= 11 is 0. The van der Waals surface area contributed by atoms with Gasteiger partial charge in [0.05, 0.1) is 0 Å². The minimum Gasteiger partial charge on any atom is -0.324 e. The van der Waals surface area contributed by atoms with Crippen molar-refractivity contribution in [1.82, 2.24) is 9.80 Å². The standard InChI is InChI=1S/C12H29N3/c1-6-8-15(10-9-14(4)5)11-12(3,13)7-2/h6-11,13H2,1-5H3. The molecule has 3 heteroatoms. The van der Waals surface area contributed by atoms with Crippen LogP contribution >= 0.6 is 0 Å². The molecule has 15 heavy (non-hydrogen) atoms. The van der Waals surface area contributed by atoms with E-state index in [1.165, 1.54) is 6.42 Å². The van der Waals surface area contributed by atoms with Gasteiger partial charge < -0.3 is 15.5 Å². The second-order valence-corrected chi connectivity index (χ2v) is 5.09. The molecule has 0 aromatic rings. The Hall–Kier alpha value is -0.120. The molecular formula is C12H29N3. The highest BCUT2D eigenvalue weighted by Crippen LogP contribution is 2.08. The van der Waals surface area contributed by atoms with E-state index in [0.717, 1.165) is 32.6 Å². The predicted octanol–water partition coefficient (Wildman–Crippen LogP) is 1.39. The van der Waals surface area contributed by atoms with Crippen LogP contribution in [0.3, 0.4) is 0 Å². The van der Waals surface area contributed by atoms with E-state index in [9.17, 15) is 0 Å². The summed E-state index contributed by atoms with van der Waals surface area (Å²) in [5.74, 6) is 0. The van der Waals surface area contributed by atoms with Crippen molar-refractivity contribution in [2.24, 2.45) is 5.73 Å². The van der Waals surface area contributed by atoms with Gasteiger partial charge in [0.25, 0.3) is 0 Å². The Bertz CT molecular complexity index is 155. The van der Waals surface area contributed by atoms with Gasteiger partial charge in [0.2, 0.25) is 0 Å². The maximum atomic E-state index is 6.20. The van der Waals surface area contributed by atoms with Gasteiger partial charge in [-0.05, 0) is 40.4 Å². The minimum atomic E-state index is -0.0402. The van der Waals surface area contributed by atoms with Crippen LogP contribution < -0.4 is 5.73 Å². The lowest BCUT2D eigenvalue weighted by Crippen LogP contribution is -2.49. The molecule has 2 N–H and O–H groups in total. The van der Waals surface area contributed by atoms with Crippen molar-refractivity contribution < 1.29 is 0 Å². The van der Waals surface area contributed by atoms with Gasteiger partial charge in [0.1, 0.15) is 0 Å². The number of hydrogen-bond acceptors (Lipinski definition) is 3. The maximum absolute atomic E-state index is 6.20. The molecule has 0 rings (SSSR count). The summed E-state index contributed by atoms with van der Waals surface area (Å²) in [5, 5.41) is 0. The molecule has 0 saturated heterocycles. The highest BCUT2D eigenvalue weighted by molar-refractivity contribution is 4.81. The normalized spacial score (nSPS) is 16.0. The van der Waals surface area contributed by atoms with Gasteiger partial charge in [-0.2, -0.15) is 0 Å². The molecule has 0 amide bonds. The Morgan fingerprint density at radius 3 is 2.07 bits per heavy atom. The molecule has 0 aliphatic rings. The summed E-state index contributed by atoms with van der Waals surface area (Å²) in [5.41, 5.74) is 6.16. The zero-order valence-electron chi connectivity index (χ0n) is 11.2. The molecule has 0 aromatic carbocycles. The molecule has 0 saturated carbocycles. The number of rotatable bonds is 8. The number of hydrogen-bond donors (Lipinski definition) is 1. The summed E-state index contributed by atoms with van der Waals surface area (Å²) in [6.45, 7) is 10.9. The molecule has 0 aromatic heterocycles. The Labute approximate surface area is 95.6 Å². The van der Waals surface area contributed by atoms with Crippen LogP contribution in [0.4, 0.5) is 0 Å². The van der Waals surface area contributed by atoms with Gasteiger partial charge in [0, 0.05) is 25.2 Å². The number of likely N-dealkylation sites (N-methyl/N-ethyl adjacent to an activating group) is 1. The lowest BCUT2D eigenvalue weighted by atomic mass is 10.00. The topological polar surface area (TPSA) is 32.5 Å². The van der Waals surface area contributed by atoms with Crippen molar-refractivity contribution in [2.45, 2.75) is 39.2 Å². The van der Waals surface area contributed by atoms with Crippen molar-refractivity contribution in [1.29, 1.82) is 0 Å². The molecule has 0 aliphatic heterocycles. The summed E-state index contributed by atoms with van der Waals surface area (Å²) < 4.78 is 0. The molecule has 0 fully saturated rings. The van der Waals surface area contributed by atoms with E-state index in [4.69, 9.17) is 5.73 Å². The molecule has 0 heterocycles. The fourth-order valence-electron chi connectivity index (χ4n) is 1.55. The van der Waals surface area contributed by atoms with E-state index in [2.05, 4.69) is 44.7 Å². The van der Waals surface area contributed by atoms with Gasteiger partial charge in [-0.1, -0.05) is 13.8 Å². The lowest BCUT2D eigenvalue weighted by molar-refractivity contribution is 0.195. The first-order valence-electron chi connectivity index (χ1n) is 6.07. The SMILES string of the molecule is CCCN(CCN(C)C)CC(C)(N)CC. The van der Waals surface area contributed by atoms with Crippen molar-refractivity contribution in [3.8, 4) is 0 Å². The average molecular weight is 215 g/mol. The van der Waals surface area contributed by atoms with Crippen molar-refractivity contribution in [3.63, 3.8) is 0 Å². The highest BCUT2D eigenvalue weighted by Gasteiger charge is 2.19. The summed E-state index contributed by atoms with van der Waals surface area (Å²) in [4.78, 5) is 4.70. The molecule has 92 valence electrons. The second kappa shape index (κ2) is 7.20. The van der Waals surface area contributed by atoms with E-state index < -0.39 is 0 Å². The number of nitrogens with zero attached hydrogens (tertiary/aromatic N) is 2. The van der Waals surface area contributed by atoms with Crippen LogP contribution in [0.1, 0.15) is 33.6 Å². The largest absolute Gasteiger partial charge is 0.324 e. The Balaban J connectivity index is 4.03. The summed E-state index contributed by atoms with van der Waals surface area (Å²) in [6, 6.07) is 0. The summed E-state index contributed by atoms with van der Waals surface area (Å²) in [7, 11) is 4.23. The third-order valence-electron chi connectivity index (χ3n) is 2.80. The van der Waals surface area contributed by atoms with Gasteiger partial charge in [-0.3, -0.25) is 0 Å². The lowest BCUT2D eigenvalue weighted by Gasteiger charge is -2.32. The first-order chi connectivity index (χ1) is 6.91. The molecule has 0 spiro atoms. The zero-order valence-corrected chi connectivity index (χ0v) is 11.2. The monoisotopic (exact) mass is 215 g/mol. The van der Waals surface area contributed by atoms with Crippen molar-refractivity contribution in [2.75, 3.05) is 40.3 Å². The van der Waals surface area contributed by atoms with Crippen LogP contribution in [0.2, 0.25) is 0 Å². The van der Waals surface area contributed by atoms with E-state index in [-0.39, 0.29) is 5.54 Å². The molecule has 0 radical (unpaired) electrons. The fourth-order valence-corrected chi connectivity index (χ4v) is 1.55. The summed E-state index contributed by atoms with van der Waals surface area (Å²) in [6.07, 6.45) is 2.24. The van der Waals surface area contributed by atoms with E-state index in [1.807, 2.05) is 0 Å². The molecular weight excluding hydrogens is 186 g/mol. The van der Waals surface area contributed by atoms with Crippen LogP contribution in [0, 0.1) is 0 Å². The van der Waals surface area contributed by atoms with Crippen LogP contribution in [0.15, 0.2) is 0 Å². The minimum absolute atomic E-state index is 0.0402. The smallest absolute Gasteiger partial charge is 0.0252 e. The van der Waals surface area contributed by atoms with E-state index in [0.29, 0.717) is 0 Å². The van der Waals surface area contributed by atoms with Gasteiger partial charge in [0.15, 0.2) is 0 Å². The van der Waals surface area contributed by atoms with Crippen LogP contribution in [0.5, 0.6) is 0 Å². The van der Waals surface area contributed by atoms with Crippen molar-refractivity contribution in [3.05, 3.63) is 0 Å². The molecule has 0 aliphatic carbocycles. The Morgan fingerprint density at radius 1 is 1.07 bits per heavy atom. The van der Waals surface area contributed by atoms with E-state index in [1.54, 1.807) is 0 Å². The third kappa shape index (κ3) is 7.77. The van der Waals surface area contributed by atoms with Crippen LogP contribution in [0.25, 0.3) is 0 Å². The quantitative estimate of drug-likeness (QED) is 0.664.